The van der Waals surface area contributed by atoms with Crippen molar-refractivity contribution in [1.82, 2.24) is 24.4 Å². The molecule has 3 aromatic rings. The Morgan fingerprint density at radius 3 is 2.87 bits per heavy atom. The van der Waals surface area contributed by atoms with Crippen LogP contribution in [0.15, 0.2) is 32.1 Å². The fourth-order valence-electron chi connectivity index (χ4n) is 3.27. The molecule has 0 spiro atoms. The molecule has 11 heteroatoms. The van der Waals surface area contributed by atoms with Gasteiger partial charge in [-0.2, -0.15) is 0 Å². The van der Waals surface area contributed by atoms with E-state index < -0.39 is 11.2 Å². The van der Waals surface area contributed by atoms with Gasteiger partial charge < -0.3 is 10.1 Å². The first kappa shape index (κ1) is 20.8. The average Bonchev–Trinajstić information content (AvgIpc) is 3.46. The lowest BCUT2D eigenvalue weighted by Gasteiger charge is -2.12. The van der Waals surface area contributed by atoms with Crippen molar-refractivity contribution in [1.29, 1.82) is 0 Å². The number of hydrogen-bond donors (Lipinski definition) is 1. The second-order valence-electron chi connectivity index (χ2n) is 6.96. The fraction of sp³-hybridized carbons (Fsp3) is 0.421. The summed E-state index contributed by atoms with van der Waals surface area (Å²) in [5.41, 5.74) is -0.689. The van der Waals surface area contributed by atoms with Crippen LogP contribution in [-0.2, 0) is 23.6 Å². The molecule has 4 heterocycles. The number of thiophene rings is 1. The molecule has 3 aromatic heterocycles. The molecule has 0 bridgehead atoms. The third-order valence-electron chi connectivity index (χ3n) is 4.90. The van der Waals surface area contributed by atoms with E-state index >= 15 is 0 Å². The highest BCUT2D eigenvalue weighted by Crippen LogP contribution is 2.28. The third-order valence-corrected chi connectivity index (χ3v) is 6.74. The summed E-state index contributed by atoms with van der Waals surface area (Å²) in [4.78, 5) is 47.4. The molecule has 0 saturated carbocycles. The van der Waals surface area contributed by atoms with E-state index in [4.69, 9.17) is 4.74 Å². The molecule has 1 aliphatic heterocycles. The summed E-state index contributed by atoms with van der Waals surface area (Å²) in [5.74, 6) is 0.346. The standard InChI is InChI=1S/C19H21N5O4S2/c1-23-16-14(18(26)24(2)19(23)27)17(22-15(21-16)12-6-4-8-29-12)30-10-13(25)20-9-11-5-3-7-28-11/h4,6,8,11H,3,5,7,9-10H2,1-2H3,(H,20,25)/t11-/m1/s1. The molecular weight excluding hydrogens is 426 g/mol. The smallest absolute Gasteiger partial charge is 0.332 e. The highest BCUT2D eigenvalue weighted by Gasteiger charge is 2.20. The number of amides is 1. The van der Waals surface area contributed by atoms with Gasteiger partial charge in [0.2, 0.25) is 5.91 Å². The molecule has 1 fully saturated rings. The molecule has 4 rings (SSSR count). The van der Waals surface area contributed by atoms with E-state index in [1.165, 1.54) is 23.0 Å². The van der Waals surface area contributed by atoms with Gasteiger partial charge in [0.25, 0.3) is 5.56 Å². The number of carbonyl (C=O) groups is 1. The maximum atomic E-state index is 12.8. The van der Waals surface area contributed by atoms with Crippen LogP contribution >= 0.6 is 23.1 Å². The number of hydrogen-bond acceptors (Lipinski definition) is 8. The van der Waals surface area contributed by atoms with Crippen molar-refractivity contribution in [3.63, 3.8) is 0 Å². The molecule has 1 amide bonds. The zero-order chi connectivity index (χ0) is 21.3. The molecule has 1 N–H and O–H groups in total. The largest absolute Gasteiger partial charge is 0.376 e. The van der Waals surface area contributed by atoms with Gasteiger partial charge in [-0.05, 0) is 24.3 Å². The van der Waals surface area contributed by atoms with E-state index in [0.29, 0.717) is 17.4 Å². The van der Waals surface area contributed by atoms with Gasteiger partial charge in [0, 0.05) is 27.2 Å². The van der Waals surface area contributed by atoms with E-state index in [1.54, 1.807) is 7.05 Å². The van der Waals surface area contributed by atoms with E-state index in [0.717, 1.165) is 40.7 Å². The topological polar surface area (TPSA) is 108 Å². The summed E-state index contributed by atoms with van der Waals surface area (Å²) in [5, 5.41) is 5.38. The van der Waals surface area contributed by atoms with Crippen LogP contribution in [0.1, 0.15) is 12.8 Å². The number of fused-ring (bicyclic) bond motifs is 1. The van der Waals surface area contributed by atoms with Crippen molar-refractivity contribution in [3.8, 4) is 10.7 Å². The number of carbonyl (C=O) groups excluding carboxylic acids is 1. The zero-order valence-electron chi connectivity index (χ0n) is 16.6. The second kappa shape index (κ2) is 8.70. The Morgan fingerprint density at radius 1 is 1.33 bits per heavy atom. The van der Waals surface area contributed by atoms with Gasteiger partial charge in [0.05, 0.1) is 16.7 Å². The van der Waals surface area contributed by atoms with Crippen molar-refractivity contribution < 1.29 is 9.53 Å². The van der Waals surface area contributed by atoms with Crippen molar-refractivity contribution in [2.24, 2.45) is 14.1 Å². The summed E-state index contributed by atoms with van der Waals surface area (Å²) in [7, 11) is 2.98. The fourth-order valence-corrected chi connectivity index (χ4v) is 4.77. The number of rotatable bonds is 6. The summed E-state index contributed by atoms with van der Waals surface area (Å²) >= 11 is 2.62. The van der Waals surface area contributed by atoms with Crippen molar-refractivity contribution in [2.75, 3.05) is 18.9 Å². The van der Waals surface area contributed by atoms with E-state index in [1.807, 2.05) is 17.5 Å². The molecule has 9 nitrogen and oxygen atoms in total. The maximum absolute atomic E-state index is 12.8. The minimum atomic E-state index is -0.479. The molecule has 0 aliphatic carbocycles. The summed E-state index contributed by atoms with van der Waals surface area (Å²) in [6.45, 7) is 1.20. The molecule has 0 unspecified atom stereocenters. The van der Waals surface area contributed by atoms with Crippen molar-refractivity contribution in [2.45, 2.75) is 24.0 Å². The van der Waals surface area contributed by atoms with Gasteiger partial charge >= 0.3 is 5.69 Å². The Labute approximate surface area is 180 Å². The summed E-state index contributed by atoms with van der Waals surface area (Å²) < 4.78 is 7.87. The van der Waals surface area contributed by atoms with Crippen LogP contribution in [-0.4, -0.2) is 50.0 Å². The summed E-state index contributed by atoms with van der Waals surface area (Å²) in [6.07, 6.45) is 2.01. The van der Waals surface area contributed by atoms with Crippen LogP contribution < -0.4 is 16.6 Å². The SMILES string of the molecule is Cn1c(=O)c2c(SCC(=O)NC[C@H]3CCCO3)nc(-c3cccs3)nc2n(C)c1=O. The lowest BCUT2D eigenvalue weighted by atomic mass is 10.2. The molecular formula is C19H21N5O4S2. The highest BCUT2D eigenvalue weighted by atomic mass is 32.2. The quantitative estimate of drug-likeness (QED) is 0.446. The Hall–Kier alpha value is -2.50. The predicted molar refractivity (Wildman–Crippen MR) is 116 cm³/mol. The monoisotopic (exact) mass is 447 g/mol. The highest BCUT2D eigenvalue weighted by molar-refractivity contribution is 8.00. The van der Waals surface area contributed by atoms with Gasteiger partial charge in [-0.25, -0.2) is 14.8 Å². The van der Waals surface area contributed by atoms with Gasteiger partial charge in [0.15, 0.2) is 11.5 Å². The van der Waals surface area contributed by atoms with Crippen LogP contribution in [0.25, 0.3) is 21.7 Å². The number of nitrogens with one attached hydrogen (secondary N) is 1. The van der Waals surface area contributed by atoms with Crippen molar-refractivity contribution in [3.05, 3.63) is 38.4 Å². The van der Waals surface area contributed by atoms with Gasteiger partial charge in [-0.1, -0.05) is 17.8 Å². The average molecular weight is 448 g/mol. The minimum Gasteiger partial charge on any atom is -0.376 e. The number of thioether (sulfide) groups is 1. The number of aryl methyl sites for hydroxylation is 1. The van der Waals surface area contributed by atoms with E-state index in [-0.39, 0.29) is 28.8 Å². The Kier molecular flexibility index (Phi) is 6.02. The van der Waals surface area contributed by atoms with E-state index in [2.05, 4.69) is 15.3 Å². The number of nitrogens with zero attached hydrogens (tertiary/aromatic N) is 4. The third kappa shape index (κ3) is 4.05. The summed E-state index contributed by atoms with van der Waals surface area (Å²) in [6, 6.07) is 3.75. The maximum Gasteiger partial charge on any atom is 0.332 e. The normalized spacial score (nSPS) is 16.3. The van der Waals surface area contributed by atoms with Gasteiger partial charge in [-0.15, -0.1) is 11.3 Å². The molecule has 1 aliphatic rings. The van der Waals surface area contributed by atoms with Crippen LogP contribution in [0.4, 0.5) is 0 Å². The Morgan fingerprint density at radius 2 is 2.17 bits per heavy atom. The van der Waals surface area contributed by atoms with E-state index in [9.17, 15) is 14.4 Å². The molecule has 30 heavy (non-hydrogen) atoms. The van der Waals surface area contributed by atoms with Crippen LogP contribution in [0.2, 0.25) is 0 Å². The predicted octanol–water partition coefficient (Wildman–Crippen LogP) is 1.14. The molecule has 0 radical (unpaired) electrons. The van der Waals surface area contributed by atoms with Gasteiger partial charge in [0.1, 0.15) is 10.4 Å². The molecule has 0 aromatic carbocycles. The first-order valence-electron chi connectivity index (χ1n) is 9.48. The Balaban J connectivity index is 1.67. The van der Waals surface area contributed by atoms with Crippen LogP contribution in [0.5, 0.6) is 0 Å². The molecule has 1 saturated heterocycles. The first-order chi connectivity index (χ1) is 14.5. The van der Waals surface area contributed by atoms with Gasteiger partial charge in [-0.3, -0.25) is 18.7 Å². The lowest BCUT2D eigenvalue weighted by molar-refractivity contribution is -0.119. The zero-order valence-corrected chi connectivity index (χ0v) is 18.2. The second-order valence-corrected chi connectivity index (χ2v) is 8.87. The lowest BCUT2D eigenvalue weighted by Crippen LogP contribution is -2.38. The number of ether oxygens (including phenoxy) is 1. The van der Waals surface area contributed by atoms with Crippen LogP contribution in [0, 0.1) is 0 Å². The van der Waals surface area contributed by atoms with Crippen LogP contribution in [0.3, 0.4) is 0 Å². The minimum absolute atomic E-state index is 0.0612. The first-order valence-corrected chi connectivity index (χ1v) is 11.3. The van der Waals surface area contributed by atoms with Crippen molar-refractivity contribution >= 4 is 40.0 Å². The Bertz CT molecular complexity index is 1200. The molecule has 158 valence electrons. The molecule has 1 atom stereocenters. The number of aromatic nitrogens is 4.